The van der Waals surface area contributed by atoms with E-state index in [9.17, 15) is 9.18 Å². The van der Waals surface area contributed by atoms with Gasteiger partial charge in [0.15, 0.2) is 17.3 Å². The lowest BCUT2D eigenvalue weighted by Gasteiger charge is -2.17. The molecule has 0 spiro atoms. The van der Waals surface area contributed by atoms with E-state index in [0.717, 1.165) is 0 Å². The normalized spacial score (nSPS) is 11.3. The Morgan fingerprint density at radius 3 is 2.56 bits per heavy atom. The molecule has 2 nitrogen and oxygen atoms in total. The number of ketones is 1. The average molecular weight is 245 g/mol. The number of para-hydroxylation sites is 1. The molecule has 0 aliphatic heterocycles. The fraction of sp³-hybridized carbons (Fsp3) is 0.417. The third-order valence-electron chi connectivity index (χ3n) is 2.10. The van der Waals surface area contributed by atoms with Gasteiger partial charge in [-0.25, -0.2) is 4.39 Å². The Kier molecular flexibility index (Phi) is 3.92. The van der Waals surface area contributed by atoms with E-state index in [1.165, 1.54) is 18.2 Å². The highest BCUT2D eigenvalue weighted by atomic mass is 35.5. The van der Waals surface area contributed by atoms with Crippen molar-refractivity contribution in [2.45, 2.75) is 20.8 Å². The zero-order valence-corrected chi connectivity index (χ0v) is 10.3. The van der Waals surface area contributed by atoms with E-state index in [0.29, 0.717) is 0 Å². The zero-order chi connectivity index (χ0) is 12.3. The molecule has 1 aromatic rings. The maximum absolute atomic E-state index is 13.3. The van der Waals surface area contributed by atoms with E-state index in [4.69, 9.17) is 16.3 Å². The summed E-state index contributed by atoms with van der Waals surface area (Å²) in [6.45, 7) is 5.16. The van der Waals surface area contributed by atoms with Crippen LogP contribution in [0.3, 0.4) is 0 Å². The van der Waals surface area contributed by atoms with Gasteiger partial charge in [-0.05, 0) is 12.1 Å². The predicted molar refractivity (Wildman–Crippen MR) is 61.4 cm³/mol. The predicted octanol–water partition coefficient (Wildman–Crippen LogP) is 3.47. The minimum atomic E-state index is -0.561. The van der Waals surface area contributed by atoms with Gasteiger partial charge in [-0.1, -0.05) is 38.4 Å². The van der Waals surface area contributed by atoms with Crippen LogP contribution in [0, 0.1) is 11.2 Å². The second kappa shape index (κ2) is 4.83. The monoisotopic (exact) mass is 244 g/mol. The average Bonchev–Trinajstić information content (AvgIpc) is 2.15. The number of carbonyl (C=O) groups excluding carboxylic acids is 1. The van der Waals surface area contributed by atoms with Crippen LogP contribution < -0.4 is 4.74 Å². The van der Waals surface area contributed by atoms with Crippen molar-refractivity contribution in [1.29, 1.82) is 0 Å². The maximum Gasteiger partial charge on any atom is 0.175 e. The van der Waals surface area contributed by atoms with Gasteiger partial charge >= 0.3 is 0 Å². The lowest BCUT2D eigenvalue weighted by molar-refractivity contribution is -0.128. The summed E-state index contributed by atoms with van der Waals surface area (Å²) >= 11 is 5.75. The molecule has 4 heteroatoms. The molecule has 0 radical (unpaired) electrons. The molecule has 0 N–H and O–H groups in total. The highest BCUT2D eigenvalue weighted by Crippen LogP contribution is 2.27. The fourth-order valence-electron chi connectivity index (χ4n) is 0.975. The molecule has 0 aliphatic carbocycles. The van der Waals surface area contributed by atoms with Crippen molar-refractivity contribution in [3.05, 3.63) is 29.0 Å². The molecule has 88 valence electrons. The van der Waals surface area contributed by atoms with Crippen LogP contribution in [0.25, 0.3) is 0 Å². The molecule has 1 aromatic carbocycles. The Morgan fingerprint density at radius 2 is 2.06 bits per heavy atom. The van der Waals surface area contributed by atoms with Crippen molar-refractivity contribution in [3.63, 3.8) is 0 Å². The Hall–Kier alpha value is -1.09. The topological polar surface area (TPSA) is 26.3 Å². The minimum absolute atomic E-state index is 0.0678. The van der Waals surface area contributed by atoms with E-state index >= 15 is 0 Å². The van der Waals surface area contributed by atoms with Crippen LogP contribution in [-0.2, 0) is 4.79 Å². The minimum Gasteiger partial charge on any atom is -0.481 e. The number of carbonyl (C=O) groups is 1. The number of rotatable bonds is 3. The maximum atomic E-state index is 13.3. The Bertz CT molecular complexity index is 376. The standard InChI is InChI=1S/C12H14ClFO2/c1-12(2,3)10(15)7-16-11-8(13)5-4-6-9(11)14/h4-6H,7H2,1-3H3. The van der Waals surface area contributed by atoms with Crippen molar-refractivity contribution in [1.82, 2.24) is 0 Å². The number of hydrogen-bond donors (Lipinski definition) is 0. The summed E-state index contributed by atoms with van der Waals surface area (Å²) in [6, 6.07) is 4.24. The van der Waals surface area contributed by atoms with E-state index in [-0.39, 0.29) is 23.2 Å². The quantitative estimate of drug-likeness (QED) is 0.814. The lowest BCUT2D eigenvalue weighted by atomic mass is 9.91. The van der Waals surface area contributed by atoms with Crippen LogP contribution in [0.5, 0.6) is 5.75 Å². The molecule has 16 heavy (non-hydrogen) atoms. The van der Waals surface area contributed by atoms with Crippen LogP contribution in [0.4, 0.5) is 4.39 Å². The van der Waals surface area contributed by atoms with Gasteiger partial charge in [0.1, 0.15) is 6.61 Å². The molecule has 0 atom stereocenters. The second-order valence-corrected chi connectivity index (χ2v) is 4.92. The molecular formula is C12H14ClFO2. The van der Waals surface area contributed by atoms with Crippen molar-refractivity contribution < 1.29 is 13.9 Å². The molecule has 0 fully saturated rings. The van der Waals surface area contributed by atoms with E-state index < -0.39 is 11.2 Å². The molecule has 0 bridgehead atoms. The Labute approximate surface area is 99.4 Å². The number of halogens is 2. The van der Waals surface area contributed by atoms with Crippen molar-refractivity contribution >= 4 is 17.4 Å². The third kappa shape index (κ3) is 3.20. The van der Waals surface area contributed by atoms with Crippen molar-refractivity contribution in [2.75, 3.05) is 6.61 Å². The summed E-state index contributed by atoms with van der Waals surface area (Å²) in [5, 5.41) is 0.168. The van der Waals surface area contributed by atoms with Crippen molar-refractivity contribution in [2.24, 2.45) is 5.41 Å². The molecule has 1 rings (SSSR count). The number of benzene rings is 1. The zero-order valence-electron chi connectivity index (χ0n) is 9.51. The van der Waals surface area contributed by atoms with Gasteiger partial charge in [0, 0.05) is 5.41 Å². The number of ether oxygens (including phenoxy) is 1. The largest absolute Gasteiger partial charge is 0.481 e. The molecular weight excluding hydrogens is 231 g/mol. The Balaban J connectivity index is 2.73. The lowest BCUT2D eigenvalue weighted by Crippen LogP contribution is -2.26. The second-order valence-electron chi connectivity index (χ2n) is 4.51. The SMILES string of the molecule is CC(C)(C)C(=O)COc1c(F)cccc1Cl. The van der Waals surface area contributed by atoms with Crippen LogP contribution in [0.1, 0.15) is 20.8 Å². The summed E-state index contributed by atoms with van der Waals surface area (Å²) in [5.41, 5.74) is -0.502. The van der Waals surface area contributed by atoms with E-state index in [1.54, 1.807) is 20.8 Å². The van der Waals surface area contributed by atoms with Gasteiger partial charge in [0.05, 0.1) is 5.02 Å². The van der Waals surface area contributed by atoms with Gasteiger partial charge in [-0.15, -0.1) is 0 Å². The highest BCUT2D eigenvalue weighted by Gasteiger charge is 2.22. The first-order valence-electron chi connectivity index (χ1n) is 4.92. The van der Waals surface area contributed by atoms with Gasteiger partial charge in [-0.3, -0.25) is 4.79 Å². The smallest absolute Gasteiger partial charge is 0.175 e. The van der Waals surface area contributed by atoms with Gasteiger partial charge in [0.25, 0.3) is 0 Å². The van der Waals surface area contributed by atoms with Crippen LogP contribution in [-0.4, -0.2) is 12.4 Å². The van der Waals surface area contributed by atoms with Gasteiger partial charge in [-0.2, -0.15) is 0 Å². The first kappa shape index (κ1) is 13.0. The molecule has 0 amide bonds. The molecule has 0 heterocycles. The summed E-state index contributed by atoms with van der Waals surface area (Å²) in [5.74, 6) is -0.734. The van der Waals surface area contributed by atoms with Crippen LogP contribution >= 0.6 is 11.6 Å². The van der Waals surface area contributed by atoms with E-state index in [2.05, 4.69) is 0 Å². The summed E-state index contributed by atoms with van der Waals surface area (Å²) in [7, 11) is 0. The first-order chi connectivity index (χ1) is 7.32. The molecule has 0 saturated heterocycles. The van der Waals surface area contributed by atoms with Crippen molar-refractivity contribution in [3.8, 4) is 5.75 Å². The molecule has 0 unspecified atom stereocenters. The summed E-state index contributed by atoms with van der Waals surface area (Å²) in [6.07, 6.45) is 0. The summed E-state index contributed by atoms with van der Waals surface area (Å²) in [4.78, 5) is 11.6. The number of Topliss-reactive ketones (excluding diaryl/α,β-unsaturated/α-hetero) is 1. The van der Waals surface area contributed by atoms with Gasteiger partial charge < -0.3 is 4.74 Å². The Morgan fingerprint density at radius 1 is 1.44 bits per heavy atom. The first-order valence-corrected chi connectivity index (χ1v) is 5.30. The fourth-order valence-corrected chi connectivity index (χ4v) is 1.19. The van der Waals surface area contributed by atoms with Crippen LogP contribution in [0.2, 0.25) is 5.02 Å². The van der Waals surface area contributed by atoms with Crippen LogP contribution in [0.15, 0.2) is 18.2 Å². The molecule has 0 aromatic heterocycles. The number of hydrogen-bond acceptors (Lipinski definition) is 2. The molecule has 0 aliphatic rings. The summed E-state index contributed by atoms with van der Waals surface area (Å²) < 4.78 is 18.4. The molecule has 0 saturated carbocycles. The van der Waals surface area contributed by atoms with E-state index in [1.807, 2.05) is 0 Å². The highest BCUT2D eigenvalue weighted by molar-refractivity contribution is 6.32. The third-order valence-corrected chi connectivity index (χ3v) is 2.40. The van der Waals surface area contributed by atoms with Gasteiger partial charge in [0.2, 0.25) is 0 Å².